The molecule has 5 nitrogen and oxygen atoms in total. The van der Waals surface area contributed by atoms with Crippen molar-refractivity contribution >= 4 is 17.5 Å². The Morgan fingerprint density at radius 1 is 1.25 bits per heavy atom. The molecule has 0 saturated heterocycles. The lowest BCUT2D eigenvalue weighted by Crippen LogP contribution is -2.13. The van der Waals surface area contributed by atoms with Crippen molar-refractivity contribution < 1.29 is 4.79 Å². The van der Waals surface area contributed by atoms with E-state index in [2.05, 4.69) is 27.5 Å². The first-order valence-electron chi connectivity index (χ1n) is 6.63. The van der Waals surface area contributed by atoms with E-state index < -0.39 is 0 Å². The fourth-order valence-corrected chi connectivity index (χ4v) is 1.70. The van der Waals surface area contributed by atoms with E-state index >= 15 is 0 Å². The van der Waals surface area contributed by atoms with E-state index in [9.17, 15) is 4.79 Å². The Balaban J connectivity index is 2.02. The molecule has 0 bridgehead atoms. The summed E-state index contributed by atoms with van der Waals surface area (Å²) in [7, 11) is 0. The van der Waals surface area contributed by atoms with Gasteiger partial charge in [-0.25, -0.2) is 9.97 Å². The molecule has 2 rings (SSSR count). The number of hydrogen-bond acceptors (Lipinski definition) is 4. The summed E-state index contributed by atoms with van der Waals surface area (Å²) >= 11 is 0. The molecule has 5 heteroatoms. The molecule has 1 aromatic heterocycles. The Morgan fingerprint density at radius 3 is 2.65 bits per heavy atom. The van der Waals surface area contributed by atoms with Crippen LogP contribution in [0.15, 0.2) is 36.7 Å². The molecule has 2 N–H and O–H groups in total. The van der Waals surface area contributed by atoms with Crippen LogP contribution in [0.25, 0.3) is 0 Å². The number of anilines is 2. The Hall–Kier alpha value is -2.43. The average molecular weight is 270 g/mol. The van der Waals surface area contributed by atoms with E-state index in [1.54, 1.807) is 0 Å². The lowest BCUT2D eigenvalue weighted by Gasteiger charge is -2.06. The maximum Gasteiger partial charge on any atom is 0.258 e. The maximum atomic E-state index is 12.0. The van der Waals surface area contributed by atoms with Gasteiger partial charge in [-0.1, -0.05) is 19.1 Å². The number of carbonyl (C=O) groups excluding carboxylic acids is 1. The minimum Gasteiger partial charge on any atom is -0.354 e. The van der Waals surface area contributed by atoms with Gasteiger partial charge in [0.1, 0.15) is 0 Å². The summed E-state index contributed by atoms with van der Waals surface area (Å²) in [6, 6.07) is 7.64. The van der Waals surface area contributed by atoms with Crippen LogP contribution in [0.1, 0.15) is 29.3 Å². The van der Waals surface area contributed by atoms with Gasteiger partial charge in [0, 0.05) is 24.6 Å². The highest BCUT2D eigenvalue weighted by Crippen LogP contribution is 2.11. The Morgan fingerprint density at radius 2 is 2.00 bits per heavy atom. The number of rotatable bonds is 5. The van der Waals surface area contributed by atoms with Crippen molar-refractivity contribution in [1.82, 2.24) is 9.97 Å². The predicted molar refractivity (Wildman–Crippen MR) is 79.9 cm³/mol. The number of nitrogens with one attached hydrogen (secondary N) is 2. The maximum absolute atomic E-state index is 12.0. The fraction of sp³-hybridized carbons (Fsp3) is 0.267. The van der Waals surface area contributed by atoms with Crippen LogP contribution in [0.3, 0.4) is 0 Å². The van der Waals surface area contributed by atoms with Crippen LogP contribution >= 0.6 is 0 Å². The second-order valence-corrected chi connectivity index (χ2v) is 4.55. The molecule has 0 aliphatic heterocycles. The summed E-state index contributed by atoms with van der Waals surface area (Å²) in [6.45, 7) is 4.86. The molecule has 0 radical (unpaired) electrons. The molecule has 0 fully saturated rings. The molecule has 1 heterocycles. The lowest BCUT2D eigenvalue weighted by atomic mass is 10.2. The summed E-state index contributed by atoms with van der Waals surface area (Å²) in [4.78, 5) is 20.3. The molecular weight excluding hydrogens is 252 g/mol. The van der Waals surface area contributed by atoms with Crippen molar-refractivity contribution in [2.75, 3.05) is 17.2 Å². The van der Waals surface area contributed by atoms with E-state index in [4.69, 9.17) is 0 Å². The van der Waals surface area contributed by atoms with Crippen LogP contribution in [-0.2, 0) is 0 Å². The number of aryl methyl sites for hydroxylation is 1. The summed E-state index contributed by atoms with van der Waals surface area (Å²) in [5.41, 5.74) is 2.30. The van der Waals surface area contributed by atoms with Crippen LogP contribution in [0.5, 0.6) is 0 Å². The minimum absolute atomic E-state index is 0.211. The van der Waals surface area contributed by atoms with Crippen molar-refractivity contribution in [3.8, 4) is 0 Å². The molecular formula is C15H18N4O. The second-order valence-electron chi connectivity index (χ2n) is 4.55. The Kier molecular flexibility index (Phi) is 4.65. The zero-order chi connectivity index (χ0) is 14.4. The number of nitrogens with zero attached hydrogens (tertiary/aromatic N) is 2. The monoisotopic (exact) mass is 270 g/mol. The molecule has 1 aromatic carbocycles. The number of aromatic nitrogens is 2. The summed E-state index contributed by atoms with van der Waals surface area (Å²) in [6.07, 6.45) is 4.05. The van der Waals surface area contributed by atoms with Crippen LogP contribution < -0.4 is 10.6 Å². The Bertz CT molecular complexity index is 581. The first kappa shape index (κ1) is 14.0. The van der Waals surface area contributed by atoms with Gasteiger partial charge >= 0.3 is 0 Å². The highest BCUT2D eigenvalue weighted by atomic mass is 16.1. The van der Waals surface area contributed by atoms with Gasteiger partial charge in [0.05, 0.1) is 5.56 Å². The third-order valence-corrected chi connectivity index (χ3v) is 2.72. The van der Waals surface area contributed by atoms with E-state index in [-0.39, 0.29) is 5.91 Å². The smallest absolute Gasteiger partial charge is 0.258 e. The first-order valence-corrected chi connectivity index (χ1v) is 6.63. The highest BCUT2D eigenvalue weighted by Gasteiger charge is 2.07. The highest BCUT2D eigenvalue weighted by molar-refractivity contribution is 6.03. The van der Waals surface area contributed by atoms with E-state index in [0.29, 0.717) is 11.5 Å². The standard InChI is InChI=1S/C15H18N4O/c1-3-7-16-15-17-9-12(10-18-15)14(20)19-13-6-4-5-11(2)8-13/h4-6,8-10H,3,7H2,1-2H3,(H,19,20)(H,16,17,18). The quantitative estimate of drug-likeness (QED) is 0.876. The van der Waals surface area contributed by atoms with Gasteiger partial charge in [-0.15, -0.1) is 0 Å². The molecule has 0 aliphatic carbocycles. The van der Waals surface area contributed by atoms with Crippen LogP contribution in [0.2, 0.25) is 0 Å². The van der Waals surface area contributed by atoms with Crippen LogP contribution in [0.4, 0.5) is 11.6 Å². The molecule has 0 aliphatic rings. The summed E-state index contributed by atoms with van der Waals surface area (Å²) in [5, 5.41) is 5.89. The fourth-order valence-electron chi connectivity index (χ4n) is 1.70. The zero-order valence-corrected chi connectivity index (χ0v) is 11.7. The third-order valence-electron chi connectivity index (χ3n) is 2.72. The number of hydrogen-bond donors (Lipinski definition) is 2. The van der Waals surface area contributed by atoms with Gasteiger partial charge in [-0.3, -0.25) is 4.79 Å². The van der Waals surface area contributed by atoms with Gasteiger partial charge in [0.15, 0.2) is 0 Å². The number of carbonyl (C=O) groups is 1. The van der Waals surface area contributed by atoms with Crippen molar-refractivity contribution in [2.24, 2.45) is 0 Å². The molecule has 20 heavy (non-hydrogen) atoms. The molecule has 1 amide bonds. The van der Waals surface area contributed by atoms with Gasteiger partial charge < -0.3 is 10.6 Å². The van der Waals surface area contributed by atoms with Crippen molar-refractivity contribution in [3.05, 3.63) is 47.8 Å². The molecule has 0 unspecified atom stereocenters. The molecule has 2 aromatic rings. The van der Waals surface area contributed by atoms with Crippen molar-refractivity contribution in [1.29, 1.82) is 0 Å². The Labute approximate surface area is 118 Å². The molecule has 0 saturated carbocycles. The van der Waals surface area contributed by atoms with Crippen LogP contribution in [0, 0.1) is 6.92 Å². The normalized spacial score (nSPS) is 10.1. The predicted octanol–water partition coefficient (Wildman–Crippen LogP) is 2.86. The van der Waals surface area contributed by atoms with Crippen molar-refractivity contribution in [2.45, 2.75) is 20.3 Å². The number of amides is 1. The van der Waals surface area contributed by atoms with Gasteiger partial charge in [0.2, 0.25) is 5.95 Å². The van der Waals surface area contributed by atoms with Gasteiger partial charge in [-0.2, -0.15) is 0 Å². The van der Waals surface area contributed by atoms with Gasteiger partial charge in [0.25, 0.3) is 5.91 Å². The summed E-state index contributed by atoms with van der Waals surface area (Å²) in [5.74, 6) is 0.330. The van der Waals surface area contributed by atoms with Gasteiger partial charge in [-0.05, 0) is 31.0 Å². The van der Waals surface area contributed by atoms with Crippen LogP contribution in [-0.4, -0.2) is 22.4 Å². The zero-order valence-electron chi connectivity index (χ0n) is 11.7. The molecule has 0 spiro atoms. The minimum atomic E-state index is -0.211. The van der Waals surface area contributed by atoms with E-state index in [1.807, 2.05) is 31.2 Å². The van der Waals surface area contributed by atoms with E-state index in [0.717, 1.165) is 24.2 Å². The van der Waals surface area contributed by atoms with E-state index in [1.165, 1.54) is 12.4 Å². The summed E-state index contributed by atoms with van der Waals surface area (Å²) < 4.78 is 0. The average Bonchev–Trinajstić information content (AvgIpc) is 2.45. The topological polar surface area (TPSA) is 66.9 Å². The SMILES string of the molecule is CCCNc1ncc(C(=O)Nc2cccc(C)c2)cn1. The van der Waals surface area contributed by atoms with Crippen molar-refractivity contribution in [3.63, 3.8) is 0 Å². The molecule has 104 valence electrons. The largest absolute Gasteiger partial charge is 0.354 e. The lowest BCUT2D eigenvalue weighted by molar-refractivity contribution is 0.102. The first-order chi connectivity index (χ1) is 9.69. The molecule has 0 atom stereocenters. The number of benzene rings is 1. The second kappa shape index (κ2) is 6.65. The third kappa shape index (κ3) is 3.78.